The molecule has 1 heterocycles. The van der Waals surface area contributed by atoms with E-state index < -0.39 is 0 Å². The summed E-state index contributed by atoms with van der Waals surface area (Å²) in [4.78, 5) is 14.8. The minimum Gasteiger partial charge on any atom is -0.493 e. The monoisotopic (exact) mass is 389 g/mol. The van der Waals surface area contributed by atoms with Gasteiger partial charge in [-0.3, -0.25) is 4.79 Å². The minimum absolute atomic E-state index is 0.0269. The van der Waals surface area contributed by atoms with E-state index in [9.17, 15) is 4.79 Å². The van der Waals surface area contributed by atoms with Gasteiger partial charge in [-0.2, -0.15) is 0 Å². The number of hydrogen-bond acceptors (Lipinski definition) is 3. The van der Waals surface area contributed by atoms with Gasteiger partial charge >= 0.3 is 0 Å². The molecule has 24 heavy (non-hydrogen) atoms. The first kappa shape index (κ1) is 16.8. The Morgan fingerprint density at radius 3 is 2.83 bits per heavy atom. The highest BCUT2D eigenvalue weighted by Crippen LogP contribution is 2.38. The van der Waals surface area contributed by atoms with Crippen LogP contribution in [0, 0.1) is 0 Å². The molecule has 3 rings (SSSR count). The summed E-state index contributed by atoms with van der Waals surface area (Å²) in [6.45, 7) is 3.34. The van der Waals surface area contributed by atoms with Crippen molar-refractivity contribution in [2.45, 2.75) is 19.8 Å². The molecule has 0 radical (unpaired) electrons. The largest absolute Gasteiger partial charge is 0.493 e. The SMILES string of the molecule is CCCOc1c(Br)cc(C(=O)N2CCc3ccccc32)cc1OC. The maximum atomic E-state index is 13.0. The molecule has 5 heteroatoms. The predicted octanol–water partition coefficient (Wildman–Crippen LogP) is 4.45. The Balaban J connectivity index is 1.92. The molecule has 0 unspecified atom stereocenters. The van der Waals surface area contributed by atoms with Gasteiger partial charge in [-0.1, -0.05) is 25.1 Å². The number of nitrogens with zero attached hydrogens (tertiary/aromatic N) is 1. The van der Waals surface area contributed by atoms with Crippen LogP contribution in [0.5, 0.6) is 11.5 Å². The van der Waals surface area contributed by atoms with Crippen LogP contribution < -0.4 is 14.4 Å². The van der Waals surface area contributed by atoms with Gasteiger partial charge in [-0.15, -0.1) is 0 Å². The molecule has 1 aliphatic rings. The second-order valence-corrected chi connectivity index (χ2v) is 6.53. The summed E-state index contributed by atoms with van der Waals surface area (Å²) in [6.07, 6.45) is 1.79. The molecule has 0 spiro atoms. The van der Waals surface area contributed by atoms with Crippen LogP contribution in [0.2, 0.25) is 0 Å². The number of anilines is 1. The average Bonchev–Trinajstić information content (AvgIpc) is 3.03. The van der Waals surface area contributed by atoms with Gasteiger partial charge in [0.2, 0.25) is 0 Å². The Labute approximate surface area is 150 Å². The molecule has 4 nitrogen and oxygen atoms in total. The third-order valence-electron chi connectivity index (χ3n) is 4.06. The van der Waals surface area contributed by atoms with E-state index in [0.29, 0.717) is 30.2 Å². The van der Waals surface area contributed by atoms with Crippen LogP contribution in [0.1, 0.15) is 29.3 Å². The zero-order valence-electron chi connectivity index (χ0n) is 13.8. The average molecular weight is 390 g/mol. The zero-order valence-corrected chi connectivity index (χ0v) is 15.4. The molecular weight excluding hydrogens is 370 g/mol. The molecule has 1 amide bonds. The van der Waals surface area contributed by atoms with E-state index in [2.05, 4.69) is 22.0 Å². The summed E-state index contributed by atoms with van der Waals surface area (Å²) in [7, 11) is 1.58. The molecule has 0 N–H and O–H groups in total. The Kier molecular flexibility index (Phi) is 5.09. The molecule has 2 aromatic carbocycles. The summed E-state index contributed by atoms with van der Waals surface area (Å²) in [6, 6.07) is 11.6. The fourth-order valence-electron chi connectivity index (χ4n) is 2.89. The second kappa shape index (κ2) is 7.26. The molecule has 0 aromatic heterocycles. The van der Waals surface area contributed by atoms with Crippen molar-refractivity contribution in [3.63, 3.8) is 0 Å². The van der Waals surface area contributed by atoms with Crippen LogP contribution in [0.4, 0.5) is 5.69 Å². The van der Waals surface area contributed by atoms with Crippen molar-refractivity contribution in [2.24, 2.45) is 0 Å². The Hall–Kier alpha value is -2.01. The summed E-state index contributed by atoms with van der Waals surface area (Å²) < 4.78 is 11.9. The lowest BCUT2D eigenvalue weighted by atomic mass is 10.1. The molecule has 0 saturated carbocycles. The van der Waals surface area contributed by atoms with Crippen molar-refractivity contribution in [3.05, 3.63) is 52.0 Å². The zero-order chi connectivity index (χ0) is 17.1. The molecule has 0 atom stereocenters. The number of hydrogen-bond donors (Lipinski definition) is 0. The van der Waals surface area contributed by atoms with Gasteiger partial charge in [-0.25, -0.2) is 0 Å². The van der Waals surface area contributed by atoms with Crippen LogP contribution >= 0.6 is 15.9 Å². The molecule has 0 aliphatic carbocycles. The van der Waals surface area contributed by atoms with E-state index in [1.165, 1.54) is 5.56 Å². The standard InChI is InChI=1S/C19H20BrNO3/c1-3-10-24-18-15(20)11-14(12-17(18)23-2)19(22)21-9-8-13-6-4-5-7-16(13)21/h4-7,11-12H,3,8-10H2,1-2H3. The summed E-state index contributed by atoms with van der Waals surface area (Å²) in [5.41, 5.74) is 2.78. The van der Waals surface area contributed by atoms with E-state index in [4.69, 9.17) is 9.47 Å². The lowest BCUT2D eigenvalue weighted by molar-refractivity contribution is 0.0989. The maximum Gasteiger partial charge on any atom is 0.258 e. The van der Waals surface area contributed by atoms with E-state index >= 15 is 0 Å². The highest BCUT2D eigenvalue weighted by Gasteiger charge is 2.26. The first-order valence-electron chi connectivity index (χ1n) is 8.05. The number of carbonyl (C=O) groups is 1. The lowest BCUT2D eigenvalue weighted by Crippen LogP contribution is -2.28. The van der Waals surface area contributed by atoms with Crippen molar-refractivity contribution < 1.29 is 14.3 Å². The molecule has 0 bridgehead atoms. The topological polar surface area (TPSA) is 38.8 Å². The molecular formula is C19H20BrNO3. The number of rotatable bonds is 5. The first-order chi connectivity index (χ1) is 11.7. The fraction of sp³-hybridized carbons (Fsp3) is 0.316. The molecule has 2 aromatic rings. The Morgan fingerprint density at radius 1 is 1.29 bits per heavy atom. The summed E-state index contributed by atoms with van der Waals surface area (Å²) >= 11 is 3.50. The van der Waals surface area contributed by atoms with Crippen LogP contribution in [-0.2, 0) is 6.42 Å². The first-order valence-corrected chi connectivity index (χ1v) is 8.85. The molecule has 0 fully saturated rings. The van der Waals surface area contributed by atoms with Crippen molar-refractivity contribution in [1.82, 2.24) is 0 Å². The van der Waals surface area contributed by atoms with E-state index in [1.807, 2.05) is 30.0 Å². The molecule has 126 valence electrons. The Morgan fingerprint density at radius 2 is 2.08 bits per heavy atom. The number of benzene rings is 2. The highest BCUT2D eigenvalue weighted by atomic mass is 79.9. The quantitative estimate of drug-likeness (QED) is 0.757. The number of amides is 1. The van der Waals surface area contributed by atoms with Crippen molar-refractivity contribution in [1.29, 1.82) is 0 Å². The smallest absolute Gasteiger partial charge is 0.258 e. The highest BCUT2D eigenvalue weighted by molar-refractivity contribution is 9.10. The third kappa shape index (κ3) is 3.13. The van der Waals surface area contributed by atoms with Crippen LogP contribution in [0.25, 0.3) is 0 Å². The van der Waals surface area contributed by atoms with Gasteiger partial charge in [0.25, 0.3) is 5.91 Å². The van der Waals surface area contributed by atoms with E-state index in [0.717, 1.165) is 23.0 Å². The number of ether oxygens (including phenoxy) is 2. The molecule has 0 saturated heterocycles. The third-order valence-corrected chi connectivity index (χ3v) is 4.65. The van der Waals surface area contributed by atoms with Crippen LogP contribution in [0.3, 0.4) is 0 Å². The van der Waals surface area contributed by atoms with Gasteiger partial charge in [-0.05, 0) is 52.5 Å². The van der Waals surface area contributed by atoms with Crippen molar-refractivity contribution in [3.8, 4) is 11.5 Å². The number of para-hydroxylation sites is 1. The van der Waals surface area contributed by atoms with Gasteiger partial charge in [0.15, 0.2) is 11.5 Å². The normalized spacial score (nSPS) is 12.9. The van der Waals surface area contributed by atoms with E-state index in [-0.39, 0.29) is 5.91 Å². The minimum atomic E-state index is -0.0269. The van der Waals surface area contributed by atoms with Gasteiger partial charge in [0.1, 0.15) is 0 Å². The van der Waals surface area contributed by atoms with Crippen LogP contribution in [0.15, 0.2) is 40.9 Å². The second-order valence-electron chi connectivity index (χ2n) is 5.67. The van der Waals surface area contributed by atoms with Crippen molar-refractivity contribution >= 4 is 27.5 Å². The summed E-state index contributed by atoms with van der Waals surface area (Å²) in [5.74, 6) is 1.17. The van der Waals surface area contributed by atoms with Crippen LogP contribution in [-0.4, -0.2) is 26.2 Å². The maximum absolute atomic E-state index is 13.0. The van der Waals surface area contributed by atoms with Crippen molar-refractivity contribution in [2.75, 3.05) is 25.2 Å². The number of halogens is 1. The number of carbonyl (C=O) groups excluding carboxylic acids is 1. The fourth-order valence-corrected chi connectivity index (χ4v) is 3.45. The van der Waals surface area contributed by atoms with Gasteiger partial charge in [0, 0.05) is 17.8 Å². The lowest BCUT2D eigenvalue weighted by Gasteiger charge is -2.19. The van der Waals surface area contributed by atoms with Gasteiger partial charge < -0.3 is 14.4 Å². The predicted molar refractivity (Wildman–Crippen MR) is 98.3 cm³/mol. The van der Waals surface area contributed by atoms with Gasteiger partial charge in [0.05, 0.1) is 18.2 Å². The Bertz CT molecular complexity index is 760. The number of methoxy groups -OCH3 is 1. The number of fused-ring (bicyclic) bond motifs is 1. The van der Waals surface area contributed by atoms with E-state index in [1.54, 1.807) is 19.2 Å². The molecule has 1 aliphatic heterocycles. The summed E-state index contributed by atoms with van der Waals surface area (Å²) in [5, 5.41) is 0.